The summed E-state index contributed by atoms with van der Waals surface area (Å²) in [6.45, 7) is 3.65. The fraction of sp³-hybridized carbons (Fsp3) is 0.316. The molecule has 53 heavy (non-hydrogen) atoms. The van der Waals surface area contributed by atoms with Crippen molar-refractivity contribution in [3.8, 4) is 5.75 Å². The third-order valence-electron chi connectivity index (χ3n) is 8.58. The average molecular weight is 743 g/mol. The van der Waals surface area contributed by atoms with Crippen LogP contribution in [0.15, 0.2) is 85.2 Å². The molecule has 3 atom stereocenters. The summed E-state index contributed by atoms with van der Waals surface area (Å²) in [5.74, 6) is -0.402. The first kappa shape index (κ1) is 38.8. The van der Waals surface area contributed by atoms with Crippen molar-refractivity contribution < 1.29 is 50.1 Å². The molecule has 15 heteroatoms. The van der Waals surface area contributed by atoms with E-state index in [4.69, 9.17) is 14.2 Å². The number of rotatable bonds is 11. The molecule has 1 aliphatic rings. The third-order valence-corrected chi connectivity index (χ3v) is 8.58. The molecule has 2 heterocycles. The molecule has 0 fully saturated rings. The Bertz CT molecular complexity index is 1890. The molecule has 0 saturated carbocycles. The van der Waals surface area contributed by atoms with Gasteiger partial charge in [-0.2, -0.15) is 26.3 Å². The average Bonchev–Trinajstić information content (AvgIpc) is 3.14. The van der Waals surface area contributed by atoms with Crippen molar-refractivity contribution in [3.05, 3.63) is 124 Å². The number of aromatic nitrogens is 2. The summed E-state index contributed by atoms with van der Waals surface area (Å²) < 4.78 is 100. The van der Waals surface area contributed by atoms with Crippen LogP contribution < -0.4 is 15.0 Å². The fourth-order valence-corrected chi connectivity index (χ4v) is 6.00. The van der Waals surface area contributed by atoms with Gasteiger partial charge in [-0.15, -0.1) is 0 Å². The predicted molar refractivity (Wildman–Crippen MR) is 183 cm³/mol. The highest BCUT2D eigenvalue weighted by Gasteiger charge is 2.40. The minimum absolute atomic E-state index is 0.0380. The molecule has 1 unspecified atom stereocenters. The van der Waals surface area contributed by atoms with E-state index in [0.29, 0.717) is 41.1 Å². The summed E-state index contributed by atoms with van der Waals surface area (Å²) in [4.78, 5) is 35.6. The highest BCUT2D eigenvalue weighted by Crippen LogP contribution is 2.43. The lowest BCUT2D eigenvalue weighted by atomic mass is 9.88. The lowest BCUT2D eigenvalue weighted by Crippen LogP contribution is -2.47. The molecule has 1 aliphatic heterocycles. The zero-order valence-electron chi connectivity index (χ0n) is 28.9. The van der Waals surface area contributed by atoms with Crippen LogP contribution in [0, 0.1) is 0 Å². The van der Waals surface area contributed by atoms with E-state index >= 15 is 0 Å². The number of nitrogens with one attached hydrogen (secondary N) is 1. The van der Waals surface area contributed by atoms with Crippen LogP contribution in [0.1, 0.15) is 78.0 Å². The minimum atomic E-state index is -5.11. The lowest BCUT2D eigenvalue weighted by molar-refractivity contribution is -0.143. The molecule has 4 aromatic rings. The number of nitrogens with zero attached hydrogens (tertiary/aromatic N) is 3. The van der Waals surface area contributed by atoms with Gasteiger partial charge in [0.2, 0.25) is 0 Å². The quantitative estimate of drug-likeness (QED) is 0.0925. The Morgan fingerprint density at radius 3 is 2.17 bits per heavy atom. The normalized spacial score (nSPS) is 16.6. The van der Waals surface area contributed by atoms with Gasteiger partial charge in [0.15, 0.2) is 0 Å². The van der Waals surface area contributed by atoms with Crippen LogP contribution in [0.4, 0.5) is 36.8 Å². The van der Waals surface area contributed by atoms with E-state index in [1.165, 1.54) is 30.5 Å². The van der Waals surface area contributed by atoms with E-state index in [1.807, 2.05) is 13.0 Å². The molecule has 0 radical (unpaired) electrons. The van der Waals surface area contributed by atoms with Crippen LogP contribution in [0.3, 0.4) is 0 Å². The Morgan fingerprint density at radius 1 is 0.925 bits per heavy atom. The van der Waals surface area contributed by atoms with Gasteiger partial charge in [-0.1, -0.05) is 37.3 Å². The molecular formula is C38H36F6N4O5. The van der Waals surface area contributed by atoms with Crippen LogP contribution in [0.5, 0.6) is 5.75 Å². The number of fused-ring (bicyclic) bond motifs is 1. The van der Waals surface area contributed by atoms with Gasteiger partial charge in [0.25, 0.3) is 0 Å². The molecule has 1 amide bonds. The Hall–Kier alpha value is -5.44. The van der Waals surface area contributed by atoms with Gasteiger partial charge < -0.3 is 14.2 Å². The van der Waals surface area contributed by atoms with Crippen molar-refractivity contribution in [1.29, 1.82) is 0 Å². The third kappa shape index (κ3) is 9.52. The van der Waals surface area contributed by atoms with E-state index in [9.17, 15) is 35.9 Å². The summed E-state index contributed by atoms with van der Waals surface area (Å²) in [6.07, 6.45) is -5.10. The number of hydrogen-bond donors (Lipinski definition) is 1. The lowest BCUT2D eigenvalue weighted by Gasteiger charge is -2.41. The molecule has 0 aliphatic carbocycles. The number of anilines is 1. The van der Waals surface area contributed by atoms with Crippen LogP contribution in [-0.2, 0) is 33.2 Å². The van der Waals surface area contributed by atoms with Gasteiger partial charge in [0, 0.05) is 36.1 Å². The van der Waals surface area contributed by atoms with Crippen molar-refractivity contribution in [1.82, 2.24) is 15.3 Å². The van der Waals surface area contributed by atoms with E-state index in [1.54, 1.807) is 49.4 Å². The number of carbonyl (C=O) groups is 2. The second-order valence-corrected chi connectivity index (χ2v) is 12.1. The molecule has 0 spiro atoms. The summed E-state index contributed by atoms with van der Waals surface area (Å²) >= 11 is 0. The molecule has 9 nitrogen and oxygen atoms in total. The maximum absolute atomic E-state index is 14.0. The maximum Gasteiger partial charge on any atom is 0.416 e. The summed E-state index contributed by atoms with van der Waals surface area (Å²) in [5, 5.41) is 3.22. The standard InChI is InChI=1S/C38H36F6N4O5/c1-4-28-18-31(30-19-29(51-3)12-13-32(30)48(28)36(50)52-5-2)47-34(25-15-26(37(39,40)41)17-27(16-25)38(42,43)44)35-45-20-24(21-46-35)11-14-33(49)53-22-23-9-7-6-8-10-23/h6-17,19-21,28,31,34,47H,4-5,18,22H2,1-3H3/t28-,31+,34?/m1/s1. The predicted octanol–water partition coefficient (Wildman–Crippen LogP) is 8.84. The molecule has 1 aromatic heterocycles. The largest absolute Gasteiger partial charge is 0.497 e. The number of methoxy groups -OCH3 is 1. The van der Waals surface area contributed by atoms with E-state index in [2.05, 4.69) is 15.3 Å². The van der Waals surface area contributed by atoms with Crippen molar-refractivity contribution in [2.75, 3.05) is 18.6 Å². The Kier molecular flexibility index (Phi) is 12.1. The van der Waals surface area contributed by atoms with Crippen LogP contribution in [0.2, 0.25) is 0 Å². The molecule has 0 bridgehead atoms. The first-order chi connectivity index (χ1) is 25.2. The van der Waals surface area contributed by atoms with Crippen molar-refractivity contribution >= 4 is 23.8 Å². The number of alkyl halides is 6. The smallest absolute Gasteiger partial charge is 0.416 e. The van der Waals surface area contributed by atoms with Gasteiger partial charge >= 0.3 is 24.4 Å². The molecule has 0 saturated heterocycles. The molecular weight excluding hydrogens is 706 g/mol. The van der Waals surface area contributed by atoms with Crippen LogP contribution >= 0.6 is 0 Å². The Balaban J connectivity index is 1.55. The first-order valence-electron chi connectivity index (χ1n) is 16.6. The zero-order chi connectivity index (χ0) is 38.3. The van der Waals surface area contributed by atoms with E-state index < -0.39 is 59.2 Å². The number of ether oxygens (including phenoxy) is 3. The Morgan fingerprint density at radius 2 is 1.58 bits per heavy atom. The van der Waals surface area contributed by atoms with Gasteiger partial charge in [-0.05, 0) is 78.9 Å². The highest BCUT2D eigenvalue weighted by atomic mass is 19.4. The van der Waals surface area contributed by atoms with Crippen molar-refractivity contribution in [2.45, 2.75) is 63.8 Å². The van der Waals surface area contributed by atoms with Gasteiger partial charge in [-0.25, -0.2) is 19.6 Å². The second kappa shape index (κ2) is 16.5. The fourth-order valence-electron chi connectivity index (χ4n) is 6.00. The van der Waals surface area contributed by atoms with Gasteiger partial charge in [0.05, 0.1) is 36.6 Å². The number of halogens is 6. The van der Waals surface area contributed by atoms with E-state index in [0.717, 1.165) is 11.6 Å². The minimum Gasteiger partial charge on any atom is -0.497 e. The van der Waals surface area contributed by atoms with Crippen molar-refractivity contribution in [3.63, 3.8) is 0 Å². The summed E-state index contributed by atoms with van der Waals surface area (Å²) in [5.41, 5.74) is -1.40. The molecule has 3 aromatic carbocycles. The topological polar surface area (TPSA) is 103 Å². The zero-order valence-corrected chi connectivity index (χ0v) is 28.9. The number of benzene rings is 3. The maximum atomic E-state index is 14.0. The molecule has 5 rings (SSSR count). The summed E-state index contributed by atoms with van der Waals surface area (Å²) in [7, 11) is 1.43. The highest BCUT2D eigenvalue weighted by molar-refractivity contribution is 5.90. The molecule has 280 valence electrons. The number of hydrogen-bond acceptors (Lipinski definition) is 8. The number of carbonyl (C=O) groups excluding carboxylic acids is 2. The summed E-state index contributed by atoms with van der Waals surface area (Å²) in [6, 6.07) is 12.6. The number of amides is 1. The van der Waals surface area contributed by atoms with Crippen LogP contribution in [-0.4, -0.2) is 41.8 Å². The first-order valence-corrected chi connectivity index (χ1v) is 16.6. The monoisotopic (exact) mass is 742 g/mol. The van der Waals surface area contributed by atoms with Crippen molar-refractivity contribution in [2.24, 2.45) is 0 Å². The van der Waals surface area contributed by atoms with Crippen LogP contribution in [0.25, 0.3) is 6.08 Å². The van der Waals surface area contributed by atoms with Gasteiger partial charge in [0.1, 0.15) is 18.2 Å². The van der Waals surface area contributed by atoms with Gasteiger partial charge in [-0.3, -0.25) is 10.2 Å². The number of esters is 1. The van der Waals surface area contributed by atoms with E-state index in [-0.39, 0.29) is 31.5 Å². The second-order valence-electron chi connectivity index (χ2n) is 12.1. The Labute approximate surface area is 301 Å². The molecule has 1 N–H and O–H groups in total. The SMILES string of the molecule is CCOC(=O)N1c2ccc(OC)cc2[C@@H](NC(c2cc(C(F)(F)F)cc(C(F)(F)F)c2)c2ncc(C=CC(=O)OCc3ccccc3)cn2)C[C@H]1CC.